The van der Waals surface area contributed by atoms with E-state index in [1.54, 1.807) is 12.1 Å². The fourth-order valence-electron chi connectivity index (χ4n) is 3.83. The van der Waals surface area contributed by atoms with Crippen molar-refractivity contribution in [2.24, 2.45) is 5.92 Å². The smallest absolute Gasteiger partial charge is 0.306 e. The van der Waals surface area contributed by atoms with E-state index in [0.29, 0.717) is 19.3 Å². The highest BCUT2D eigenvalue weighted by Gasteiger charge is 2.35. The maximum Gasteiger partial charge on any atom is 0.306 e. The molecule has 1 aliphatic heterocycles. The molecule has 28 heavy (non-hydrogen) atoms. The largest absolute Gasteiger partial charge is 0.481 e. The molecule has 0 aromatic heterocycles. The number of sulfone groups is 1. The van der Waals surface area contributed by atoms with Crippen molar-refractivity contribution in [3.05, 3.63) is 59.2 Å². The van der Waals surface area contributed by atoms with Gasteiger partial charge in [0.1, 0.15) is 0 Å². The number of carboxylic acid groups (broad SMARTS) is 1. The maximum absolute atomic E-state index is 12.9. The second-order valence-electron chi connectivity index (χ2n) is 7.06. The molecule has 8 heteroatoms. The molecule has 7 nitrogen and oxygen atoms in total. The van der Waals surface area contributed by atoms with Crippen LogP contribution in [0.1, 0.15) is 45.5 Å². The van der Waals surface area contributed by atoms with E-state index < -0.39 is 33.4 Å². The monoisotopic (exact) mass is 399 g/mol. The molecule has 0 radical (unpaired) electrons. The van der Waals surface area contributed by atoms with Gasteiger partial charge in [0.05, 0.1) is 15.7 Å². The normalized spacial score (nSPS) is 22.2. The summed E-state index contributed by atoms with van der Waals surface area (Å²) in [5.41, 5.74) is 0.285. The molecule has 144 valence electrons. The van der Waals surface area contributed by atoms with Gasteiger partial charge in [0.2, 0.25) is 9.84 Å². The van der Waals surface area contributed by atoms with Crippen molar-refractivity contribution in [3.8, 4) is 0 Å². The topological polar surface area (TPSA) is 118 Å². The molecular formula is C20H17NO6S. The first-order valence-corrected chi connectivity index (χ1v) is 10.3. The number of hydrogen-bond donors (Lipinski definition) is 2. The maximum atomic E-state index is 12.9. The first-order valence-electron chi connectivity index (χ1n) is 8.85. The highest BCUT2D eigenvalue weighted by atomic mass is 32.2. The number of amides is 1. The Hall–Kier alpha value is -3.00. The van der Waals surface area contributed by atoms with Gasteiger partial charge in [-0.15, -0.1) is 0 Å². The van der Waals surface area contributed by atoms with E-state index in [1.807, 2.05) is 0 Å². The number of rotatable bonds is 3. The highest BCUT2D eigenvalue weighted by molar-refractivity contribution is 7.91. The fourth-order valence-corrected chi connectivity index (χ4v) is 5.51. The molecule has 0 unspecified atom stereocenters. The van der Waals surface area contributed by atoms with Crippen molar-refractivity contribution >= 4 is 27.5 Å². The van der Waals surface area contributed by atoms with E-state index in [2.05, 4.69) is 5.32 Å². The average molecular weight is 399 g/mol. The summed E-state index contributed by atoms with van der Waals surface area (Å²) in [5.74, 6) is -2.25. The van der Waals surface area contributed by atoms with E-state index >= 15 is 0 Å². The predicted octanol–water partition coefficient (Wildman–Crippen LogP) is 2.05. The minimum atomic E-state index is -3.92. The van der Waals surface area contributed by atoms with Crippen LogP contribution in [0.15, 0.2) is 52.3 Å². The lowest BCUT2D eigenvalue weighted by atomic mass is 10.0. The Morgan fingerprint density at radius 2 is 1.71 bits per heavy atom. The fraction of sp³-hybridized carbons (Fsp3) is 0.250. The Balaban J connectivity index is 1.64. The number of carboxylic acids is 1. The molecule has 1 heterocycles. The number of ketones is 1. The van der Waals surface area contributed by atoms with Gasteiger partial charge >= 0.3 is 5.97 Å². The number of fused-ring (bicyclic) bond motifs is 2. The standard InChI is InChI=1S/C20H17NO6S/c22-18-14-3-1-2-4-16(14)28(26,27)17-10-11(6-8-15(17)18)19(23)21-13-7-5-12(9-13)20(24)25/h1-4,6,8,10,12-13H,5,7,9H2,(H,21,23)(H,24,25)/t12-,13+/m1/s1. The second-order valence-corrected chi connectivity index (χ2v) is 8.94. The lowest BCUT2D eigenvalue weighted by molar-refractivity contribution is -0.141. The van der Waals surface area contributed by atoms with Crippen molar-refractivity contribution in [3.63, 3.8) is 0 Å². The van der Waals surface area contributed by atoms with Gasteiger partial charge < -0.3 is 10.4 Å². The third kappa shape index (κ3) is 2.90. The lowest BCUT2D eigenvalue weighted by Gasteiger charge is -2.19. The molecule has 1 amide bonds. The van der Waals surface area contributed by atoms with Crippen molar-refractivity contribution in [1.29, 1.82) is 0 Å². The molecule has 4 rings (SSSR count). The number of aliphatic carboxylic acids is 1. The molecule has 0 saturated heterocycles. The Labute approximate surface area is 161 Å². The molecule has 2 aliphatic rings. The summed E-state index contributed by atoms with van der Waals surface area (Å²) in [6.07, 6.45) is 1.39. The number of hydrogen-bond acceptors (Lipinski definition) is 5. The van der Waals surface area contributed by atoms with E-state index in [4.69, 9.17) is 5.11 Å². The van der Waals surface area contributed by atoms with Gasteiger partial charge in [-0.05, 0) is 49.6 Å². The van der Waals surface area contributed by atoms with Crippen LogP contribution in [0.3, 0.4) is 0 Å². The molecule has 1 aliphatic carbocycles. The van der Waals surface area contributed by atoms with Crippen LogP contribution < -0.4 is 5.32 Å². The van der Waals surface area contributed by atoms with Crippen molar-refractivity contribution < 1.29 is 27.9 Å². The second kappa shape index (κ2) is 6.56. The summed E-state index contributed by atoms with van der Waals surface area (Å²) in [6.45, 7) is 0. The van der Waals surface area contributed by atoms with E-state index in [0.717, 1.165) is 0 Å². The van der Waals surface area contributed by atoms with Crippen LogP contribution in [-0.2, 0) is 14.6 Å². The van der Waals surface area contributed by atoms with E-state index in [9.17, 15) is 22.8 Å². The molecule has 2 aromatic rings. The third-order valence-corrected chi connectivity index (χ3v) is 7.17. The molecule has 2 atom stereocenters. The van der Waals surface area contributed by atoms with Crippen LogP contribution in [0, 0.1) is 5.92 Å². The summed E-state index contributed by atoms with van der Waals surface area (Å²) < 4.78 is 25.9. The van der Waals surface area contributed by atoms with Crippen LogP contribution >= 0.6 is 0 Å². The first kappa shape index (κ1) is 18.4. The SMILES string of the molecule is O=C(N[C@H]1CC[C@@H](C(=O)O)C1)c1ccc2c(c1)S(=O)(=O)c1ccccc1C2=O. The van der Waals surface area contributed by atoms with Crippen LogP contribution in [0.2, 0.25) is 0 Å². The molecule has 1 fully saturated rings. The Kier molecular flexibility index (Phi) is 4.30. The quantitative estimate of drug-likeness (QED) is 0.696. The Morgan fingerprint density at radius 1 is 1.00 bits per heavy atom. The molecule has 2 N–H and O–H groups in total. The zero-order chi connectivity index (χ0) is 20.1. The van der Waals surface area contributed by atoms with Gasteiger partial charge in [-0.25, -0.2) is 8.42 Å². The number of nitrogens with one attached hydrogen (secondary N) is 1. The van der Waals surface area contributed by atoms with Crippen LogP contribution in [0.4, 0.5) is 0 Å². The Morgan fingerprint density at radius 3 is 2.43 bits per heavy atom. The Bertz CT molecular complexity index is 1120. The summed E-state index contributed by atoms with van der Waals surface area (Å²) in [4.78, 5) is 36.0. The first-order chi connectivity index (χ1) is 13.3. The van der Waals surface area contributed by atoms with E-state index in [-0.39, 0.29) is 32.5 Å². The van der Waals surface area contributed by atoms with Gasteiger partial charge in [-0.2, -0.15) is 0 Å². The summed E-state index contributed by atoms with van der Waals surface area (Å²) in [6, 6.07) is 9.71. The minimum absolute atomic E-state index is 0.0436. The molecule has 1 saturated carbocycles. The zero-order valence-corrected chi connectivity index (χ0v) is 15.5. The molecule has 2 aromatic carbocycles. The summed E-state index contributed by atoms with van der Waals surface area (Å²) in [7, 11) is -3.92. The van der Waals surface area contributed by atoms with Gasteiger partial charge in [-0.1, -0.05) is 12.1 Å². The zero-order valence-electron chi connectivity index (χ0n) is 14.7. The number of carbonyl (C=O) groups excluding carboxylic acids is 2. The average Bonchev–Trinajstić information content (AvgIpc) is 3.15. The van der Waals surface area contributed by atoms with Gasteiger partial charge in [0.15, 0.2) is 5.78 Å². The number of benzene rings is 2. The molecule has 0 bridgehead atoms. The van der Waals surface area contributed by atoms with Crippen LogP contribution in [0.5, 0.6) is 0 Å². The highest BCUT2D eigenvalue weighted by Crippen LogP contribution is 2.35. The third-order valence-electron chi connectivity index (χ3n) is 5.32. The number of carbonyl (C=O) groups is 3. The van der Waals surface area contributed by atoms with Crippen molar-refractivity contribution in [2.45, 2.75) is 35.1 Å². The molecular weight excluding hydrogens is 382 g/mol. The van der Waals surface area contributed by atoms with Crippen molar-refractivity contribution in [1.82, 2.24) is 5.32 Å². The minimum Gasteiger partial charge on any atom is -0.481 e. The molecule has 0 spiro atoms. The summed E-state index contributed by atoms with van der Waals surface area (Å²) >= 11 is 0. The predicted molar refractivity (Wildman–Crippen MR) is 98.0 cm³/mol. The lowest BCUT2D eigenvalue weighted by Crippen LogP contribution is -2.33. The van der Waals surface area contributed by atoms with Crippen LogP contribution in [0.25, 0.3) is 0 Å². The van der Waals surface area contributed by atoms with Crippen LogP contribution in [-0.4, -0.2) is 37.2 Å². The van der Waals surface area contributed by atoms with Gasteiger partial charge in [0, 0.05) is 22.7 Å². The van der Waals surface area contributed by atoms with Crippen molar-refractivity contribution in [2.75, 3.05) is 0 Å². The summed E-state index contributed by atoms with van der Waals surface area (Å²) in [5, 5.41) is 11.8. The van der Waals surface area contributed by atoms with Gasteiger partial charge in [0.25, 0.3) is 5.91 Å². The van der Waals surface area contributed by atoms with E-state index in [1.165, 1.54) is 30.3 Å². The van der Waals surface area contributed by atoms with Gasteiger partial charge in [-0.3, -0.25) is 14.4 Å².